The van der Waals surface area contributed by atoms with Gasteiger partial charge in [-0.3, -0.25) is 28.8 Å². The van der Waals surface area contributed by atoms with E-state index >= 15 is 0 Å². The number of amides is 5. The summed E-state index contributed by atoms with van der Waals surface area (Å²) >= 11 is 0. The van der Waals surface area contributed by atoms with Crippen LogP contribution in [0.15, 0.2) is 140 Å². The molecule has 0 fully saturated rings. The molecule has 0 aliphatic heterocycles. The zero-order valence-corrected chi connectivity index (χ0v) is 31.3. The van der Waals surface area contributed by atoms with Crippen molar-refractivity contribution in [3.63, 3.8) is 0 Å². The first-order valence-corrected chi connectivity index (χ1v) is 18.5. The lowest BCUT2D eigenvalue weighted by molar-refractivity contribution is -0.141. The van der Waals surface area contributed by atoms with Crippen molar-refractivity contribution in [2.75, 3.05) is 0 Å². The summed E-state index contributed by atoms with van der Waals surface area (Å²) in [6.07, 6.45) is 0.000490. The molecule has 1 unspecified atom stereocenters. The molecule has 0 aromatic heterocycles. The number of benzene rings is 5. The number of carbonyl (C=O) groups is 6. The maximum absolute atomic E-state index is 13.7. The Bertz CT molecular complexity index is 2150. The highest BCUT2D eigenvalue weighted by atomic mass is 19.1. The Morgan fingerprint density at radius 3 is 1.51 bits per heavy atom. The van der Waals surface area contributed by atoms with E-state index < -0.39 is 65.3 Å². The van der Waals surface area contributed by atoms with Crippen molar-refractivity contribution in [3.05, 3.63) is 168 Å². The van der Waals surface area contributed by atoms with Gasteiger partial charge in [0.25, 0.3) is 5.91 Å². The van der Waals surface area contributed by atoms with Gasteiger partial charge in [-0.15, -0.1) is 0 Å². The monoisotopic (exact) mass is 769 g/mol. The van der Waals surface area contributed by atoms with E-state index in [1.54, 1.807) is 48.5 Å². The third-order valence-electron chi connectivity index (χ3n) is 9.25. The van der Waals surface area contributed by atoms with Gasteiger partial charge < -0.3 is 27.0 Å². The summed E-state index contributed by atoms with van der Waals surface area (Å²) in [6.45, 7) is 1.31. The van der Waals surface area contributed by atoms with E-state index in [1.165, 1.54) is 31.2 Å². The molecule has 0 radical (unpaired) electrons. The molecule has 12 heteroatoms. The second-order valence-electron chi connectivity index (χ2n) is 13.7. The van der Waals surface area contributed by atoms with Crippen LogP contribution in [-0.4, -0.2) is 59.5 Å². The fourth-order valence-electron chi connectivity index (χ4n) is 6.15. The Morgan fingerprint density at radius 1 is 0.509 bits per heavy atom. The molecule has 5 aromatic carbocycles. The minimum atomic E-state index is -1.40. The van der Waals surface area contributed by atoms with Gasteiger partial charge in [0.1, 0.15) is 23.9 Å². The van der Waals surface area contributed by atoms with E-state index in [4.69, 9.17) is 5.73 Å². The fourth-order valence-corrected chi connectivity index (χ4v) is 6.15. The minimum absolute atomic E-state index is 0.0188. The van der Waals surface area contributed by atoms with Crippen LogP contribution in [-0.2, 0) is 54.5 Å². The Labute approximate surface area is 330 Å². The van der Waals surface area contributed by atoms with E-state index in [0.717, 1.165) is 22.3 Å². The molecule has 5 aromatic rings. The molecule has 0 spiro atoms. The quantitative estimate of drug-likeness (QED) is 0.0848. The summed E-state index contributed by atoms with van der Waals surface area (Å²) in [6, 6.07) is 35.2. The van der Waals surface area contributed by atoms with E-state index in [2.05, 4.69) is 21.3 Å². The van der Waals surface area contributed by atoms with Gasteiger partial charge in [0.15, 0.2) is 0 Å². The van der Waals surface area contributed by atoms with Gasteiger partial charge in [-0.1, -0.05) is 127 Å². The maximum atomic E-state index is 13.7. The summed E-state index contributed by atoms with van der Waals surface area (Å²) < 4.78 is 13.7. The molecule has 0 bridgehead atoms. The zero-order valence-electron chi connectivity index (χ0n) is 31.3. The third-order valence-corrected chi connectivity index (χ3v) is 9.25. The third kappa shape index (κ3) is 12.5. The van der Waals surface area contributed by atoms with Gasteiger partial charge in [0, 0.05) is 19.3 Å². The first-order chi connectivity index (χ1) is 27.4. The molecule has 0 saturated carbocycles. The van der Waals surface area contributed by atoms with Crippen molar-refractivity contribution < 1.29 is 33.2 Å². The van der Waals surface area contributed by atoms with Crippen LogP contribution in [0.5, 0.6) is 0 Å². The number of Topliss-reactive ketones (excluding diaryl/α,β-unsaturated/α-hetero) is 1. The Hall–Kier alpha value is -6.95. The number of rotatable bonds is 18. The highest BCUT2D eigenvalue weighted by Gasteiger charge is 2.32. The number of hydrogen-bond acceptors (Lipinski definition) is 6. The number of ketones is 1. The van der Waals surface area contributed by atoms with Crippen LogP contribution < -0.4 is 27.0 Å². The number of hydrogen-bond donors (Lipinski definition) is 5. The van der Waals surface area contributed by atoms with Crippen molar-refractivity contribution >= 4 is 35.3 Å². The second kappa shape index (κ2) is 20.1. The smallest absolute Gasteiger partial charge is 0.290 e. The predicted octanol–water partition coefficient (Wildman–Crippen LogP) is 3.78. The van der Waals surface area contributed by atoms with Gasteiger partial charge in [0.05, 0.1) is 12.5 Å². The Kier molecular flexibility index (Phi) is 14.5. The minimum Gasteiger partial charge on any atom is -0.368 e. The predicted molar refractivity (Wildman–Crippen MR) is 214 cm³/mol. The summed E-state index contributed by atoms with van der Waals surface area (Å²) in [7, 11) is 0. The van der Waals surface area contributed by atoms with Gasteiger partial charge >= 0.3 is 0 Å². The van der Waals surface area contributed by atoms with Crippen LogP contribution in [0.3, 0.4) is 0 Å². The molecule has 57 heavy (non-hydrogen) atoms. The number of nitrogens with one attached hydrogen (secondary N) is 4. The first-order valence-electron chi connectivity index (χ1n) is 18.5. The summed E-state index contributed by atoms with van der Waals surface area (Å²) in [5, 5.41) is 10.3. The summed E-state index contributed by atoms with van der Waals surface area (Å²) in [5.41, 5.74) is 10.3. The SMILES string of the molecule is CC(NC(=O)[C@H](Cc1ccccc1)NC(=O)Cc1ccccc1)C(=O)C(=O)N[C@@H](Cc1ccc(F)cc1)C(=O)N[C@@H](Cc1ccc(-c2ccccc2)cc1)C(N)=O. The van der Waals surface area contributed by atoms with Gasteiger partial charge in [-0.2, -0.15) is 0 Å². The van der Waals surface area contributed by atoms with Crippen LogP contribution in [0.2, 0.25) is 0 Å². The number of halogens is 1. The van der Waals surface area contributed by atoms with Crippen molar-refractivity contribution in [1.82, 2.24) is 21.3 Å². The summed E-state index contributed by atoms with van der Waals surface area (Å²) in [5.74, 6) is -5.53. The van der Waals surface area contributed by atoms with Crippen molar-refractivity contribution in [3.8, 4) is 11.1 Å². The van der Waals surface area contributed by atoms with Gasteiger partial charge in [-0.05, 0) is 52.4 Å². The maximum Gasteiger partial charge on any atom is 0.290 e. The molecule has 5 amide bonds. The van der Waals surface area contributed by atoms with Crippen LogP contribution in [0.25, 0.3) is 11.1 Å². The van der Waals surface area contributed by atoms with Crippen molar-refractivity contribution in [2.24, 2.45) is 5.73 Å². The molecule has 0 aliphatic carbocycles. The normalized spacial score (nSPS) is 12.9. The second-order valence-corrected chi connectivity index (χ2v) is 13.7. The van der Waals surface area contributed by atoms with Gasteiger partial charge in [0.2, 0.25) is 29.4 Å². The molecule has 6 N–H and O–H groups in total. The lowest BCUT2D eigenvalue weighted by Gasteiger charge is -2.23. The molecule has 0 heterocycles. The molecule has 292 valence electrons. The topological polar surface area (TPSA) is 177 Å². The van der Waals surface area contributed by atoms with Crippen molar-refractivity contribution in [2.45, 2.75) is 56.8 Å². The number of carbonyl (C=O) groups excluding carboxylic acids is 6. The van der Waals surface area contributed by atoms with E-state index in [9.17, 15) is 33.2 Å². The average molecular weight is 770 g/mol. The van der Waals surface area contributed by atoms with Crippen LogP contribution in [0.1, 0.15) is 29.2 Å². The number of primary amides is 1. The average Bonchev–Trinajstić information content (AvgIpc) is 3.21. The van der Waals surface area contributed by atoms with Crippen LogP contribution in [0, 0.1) is 5.82 Å². The molecule has 4 atom stereocenters. The molecule has 11 nitrogen and oxygen atoms in total. The lowest BCUT2D eigenvalue weighted by Crippen LogP contribution is -2.57. The number of nitrogens with two attached hydrogens (primary N) is 1. The highest BCUT2D eigenvalue weighted by Crippen LogP contribution is 2.20. The Morgan fingerprint density at radius 2 is 0.947 bits per heavy atom. The fraction of sp³-hybridized carbons (Fsp3) is 0.200. The summed E-state index contributed by atoms with van der Waals surface area (Å²) in [4.78, 5) is 79.6. The Balaban J connectivity index is 1.26. The van der Waals surface area contributed by atoms with Crippen molar-refractivity contribution in [1.29, 1.82) is 0 Å². The molecule has 0 aliphatic rings. The van der Waals surface area contributed by atoms with Gasteiger partial charge in [-0.25, -0.2) is 4.39 Å². The molecule has 5 rings (SSSR count). The van der Waals surface area contributed by atoms with Crippen LogP contribution in [0.4, 0.5) is 4.39 Å². The highest BCUT2D eigenvalue weighted by molar-refractivity contribution is 6.38. The standard InChI is InChI=1S/C45H44FN5O6/c1-29(48-43(55)38(26-30-11-5-2-6-12-30)49-40(52)28-31-13-7-3-8-14-31)41(53)45(57)51-39(27-33-19-23-36(46)24-20-33)44(56)50-37(42(47)54)25-32-17-21-35(22-18-32)34-15-9-4-10-16-34/h2-24,29,37-39H,25-28H2,1H3,(H2,47,54)(H,48,55)(H,49,52)(H,50,56)(H,51,57)/t29?,37-,38-,39-/m0/s1. The zero-order chi connectivity index (χ0) is 40.7. The molecule has 0 saturated heterocycles. The van der Waals surface area contributed by atoms with E-state index in [1.807, 2.05) is 66.7 Å². The molecular formula is C45H44FN5O6. The molecular weight excluding hydrogens is 726 g/mol. The first kappa shape index (κ1) is 41.2. The lowest BCUT2D eigenvalue weighted by atomic mass is 9.99. The largest absolute Gasteiger partial charge is 0.368 e. The van der Waals surface area contributed by atoms with Crippen LogP contribution >= 0.6 is 0 Å². The van der Waals surface area contributed by atoms with E-state index in [0.29, 0.717) is 11.1 Å². The van der Waals surface area contributed by atoms with E-state index in [-0.39, 0.29) is 25.7 Å².